The van der Waals surface area contributed by atoms with Crippen LogP contribution in [-0.4, -0.2) is 37.7 Å². The van der Waals surface area contributed by atoms with E-state index in [0.717, 1.165) is 11.8 Å². The minimum atomic E-state index is 0.438. The maximum absolute atomic E-state index is 5.41. The number of ether oxygens (including phenoxy) is 1. The van der Waals surface area contributed by atoms with Gasteiger partial charge in [-0.15, -0.1) is 0 Å². The van der Waals surface area contributed by atoms with Crippen molar-refractivity contribution < 1.29 is 4.74 Å². The van der Waals surface area contributed by atoms with Crippen molar-refractivity contribution in [1.82, 2.24) is 10.2 Å². The number of rotatable bonds is 7. The predicted molar refractivity (Wildman–Crippen MR) is 86.9 cm³/mol. The summed E-state index contributed by atoms with van der Waals surface area (Å²) in [6, 6.07) is 8.45. The van der Waals surface area contributed by atoms with Crippen LogP contribution in [0.3, 0.4) is 0 Å². The van der Waals surface area contributed by atoms with Crippen molar-refractivity contribution in [1.29, 1.82) is 0 Å². The fourth-order valence-corrected chi connectivity index (χ4v) is 3.75. The molecule has 0 saturated heterocycles. The second kappa shape index (κ2) is 6.37. The molecule has 0 amide bonds. The lowest BCUT2D eigenvalue weighted by Gasteiger charge is -2.33. The first kappa shape index (κ1) is 14.9. The third-order valence-electron chi connectivity index (χ3n) is 5.02. The van der Waals surface area contributed by atoms with Crippen LogP contribution in [0.1, 0.15) is 49.8 Å². The largest absolute Gasteiger partial charge is 0.497 e. The number of methoxy groups -OCH3 is 1. The summed E-state index contributed by atoms with van der Waals surface area (Å²) in [5, 5.41) is 3.56. The van der Waals surface area contributed by atoms with Gasteiger partial charge in [0.2, 0.25) is 0 Å². The standard InChI is InChI=1S/C18H28N2O/c1-4-5-10-20(14-7-8-14)17-11-13-6-9-15(21-3)12-16(13)18(17)19-2/h6,9,12,14,17-19H,4-5,7-8,10-11H2,1-3H3. The molecule has 0 radical (unpaired) electrons. The SMILES string of the molecule is CCCCN(C1CC1)C1Cc2ccc(OC)cc2C1NC. The van der Waals surface area contributed by atoms with Gasteiger partial charge in [0, 0.05) is 18.1 Å². The molecule has 1 fully saturated rings. The molecule has 0 heterocycles. The Morgan fingerprint density at radius 2 is 2.14 bits per heavy atom. The second-order valence-corrected chi connectivity index (χ2v) is 6.43. The lowest BCUT2D eigenvalue weighted by atomic mass is 10.1. The molecule has 0 aliphatic heterocycles. The third-order valence-corrected chi connectivity index (χ3v) is 5.02. The summed E-state index contributed by atoms with van der Waals surface area (Å²) in [6.07, 6.45) is 6.53. The number of hydrogen-bond acceptors (Lipinski definition) is 3. The van der Waals surface area contributed by atoms with E-state index in [2.05, 4.69) is 42.4 Å². The zero-order valence-corrected chi connectivity index (χ0v) is 13.6. The summed E-state index contributed by atoms with van der Waals surface area (Å²) < 4.78 is 5.41. The first-order valence-electron chi connectivity index (χ1n) is 8.38. The summed E-state index contributed by atoms with van der Waals surface area (Å²) in [5.41, 5.74) is 2.92. The molecular formula is C18H28N2O. The van der Waals surface area contributed by atoms with Crippen LogP contribution in [0.25, 0.3) is 0 Å². The van der Waals surface area contributed by atoms with Crippen LogP contribution < -0.4 is 10.1 Å². The van der Waals surface area contributed by atoms with Gasteiger partial charge in [-0.3, -0.25) is 4.90 Å². The lowest BCUT2D eigenvalue weighted by molar-refractivity contribution is 0.157. The van der Waals surface area contributed by atoms with Crippen molar-refractivity contribution in [3.05, 3.63) is 29.3 Å². The molecule has 116 valence electrons. The van der Waals surface area contributed by atoms with Gasteiger partial charge in [0.05, 0.1) is 7.11 Å². The van der Waals surface area contributed by atoms with Crippen LogP contribution in [0.15, 0.2) is 18.2 Å². The van der Waals surface area contributed by atoms with Gasteiger partial charge < -0.3 is 10.1 Å². The van der Waals surface area contributed by atoms with Crippen molar-refractivity contribution in [3.63, 3.8) is 0 Å². The number of benzene rings is 1. The topological polar surface area (TPSA) is 24.5 Å². The van der Waals surface area contributed by atoms with Crippen LogP contribution in [0.5, 0.6) is 5.75 Å². The molecule has 1 saturated carbocycles. The van der Waals surface area contributed by atoms with E-state index in [-0.39, 0.29) is 0 Å². The Kier molecular flexibility index (Phi) is 4.51. The van der Waals surface area contributed by atoms with Crippen LogP contribution >= 0.6 is 0 Å². The van der Waals surface area contributed by atoms with E-state index < -0.39 is 0 Å². The maximum Gasteiger partial charge on any atom is 0.119 e. The molecule has 2 unspecified atom stereocenters. The number of unbranched alkanes of at least 4 members (excludes halogenated alkanes) is 1. The maximum atomic E-state index is 5.41. The minimum absolute atomic E-state index is 0.438. The Bertz CT molecular complexity index is 484. The molecule has 1 aromatic carbocycles. The van der Waals surface area contributed by atoms with E-state index in [0.29, 0.717) is 12.1 Å². The quantitative estimate of drug-likeness (QED) is 0.834. The molecule has 2 aliphatic rings. The van der Waals surface area contributed by atoms with E-state index in [1.54, 1.807) is 7.11 Å². The molecule has 2 atom stereocenters. The van der Waals surface area contributed by atoms with Crippen molar-refractivity contribution in [2.45, 2.75) is 57.2 Å². The second-order valence-electron chi connectivity index (χ2n) is 6.43. The summed E-state index contributed by atoms with van der Waals surface area (Å²) in [6.45, 7) is 3.53. The first-order chi connectivity index (χ1) is 10.3. The smallest absolute Gasteiger partial charge is 0.119 e. The van der Waals surface area contributed by atoms with Gasteiger partial charge >= 0.3 is 0 Å². The Morgan fingerprint density at radius 3 is 2.76 bits per heavy atom. The van der Waals surface area contributed by atoms with E-state index in [9.17, 15) is 0 Å². The summed E-state index contributed by atoms with van der Waals surface area (Å²) in [5.74, 6) is 0.973. The van der Waals surface area contributed by atoms with Gasteiger partial charge in [-0.05, 0) is 62.5 Å². The van der Waals surface area contributed by atoms with Crippen molar-refractivity contribution >= 4 is 0 Å². The molecule has 1 N–H and O–H groups in total. The first-order valence-corrected chi connectivity index (χ1v) is 8.38. The molecule has 3 rings (SSSR count). The lowest BCUT2D eigenvalue weighted by Crippen LogP contribution is -2.44. The molecule has 0 spiro atoms. The van der Waals surface area contributed by atoms with Crippen LogP contribution in [0.2, 0.25) is 0 Å². The Morgan fingerprint density at radius 1 is 1.33 bits per heavy atom. The molecule has 21 heavy (non-hydrogen) atoms. The van der Waals surface area contributed by atoms with Gasteiger partial charge in [-0.1, -0.05) is 19.4 Å². The van der Waals surface area contributed by atoms with Crippen molar-refractivity contribution in [2.75, 3.05) is 20.7 Å². The molecule has 3 nitrogen and oxygen atoms in total. The summed E-state index contributed by atoms with van der Waals surface area (Å²) in [4.78, 5) is 2.77. The molecule has 1 aromatic rings. The van der Waals surface area contributed by atoms with Crippen molar-refractivity contribution in [3.8, 4) is 5.75 Å². The van der Waals surface area contributed by atoms with E-state index in [1.165, 1.54) is 49.8 Å². The van der Waals surface area contributed by atoms with Gasteiger partial charge in [-0.2, -0.15) is 0 Å². The number of hydrogen-bond donors (Lipinski definition) is 1. The minimum Gasteiger partial charge on any atom is -0.497 e. The van der Waals surface area contributed by atoms with E-state index in [4.69, 9.17) is 4.74 Å². The monoisotopic (exact) mass is 288 g/mol. The average Bonchev–Trinajstić information content (AvgIpc) is 3.28. The van der Waals surface area contributed by atoms with Gasteiger partial charge in [0.15, 0.2) is 0 Å². The Labute approximate surface area is 128 Å². The highest BCUT2D eigenvalue weighted by atomic mass is 16.5. The highest BCUT2D eigenvalue weighted by Crippen LogP contribution is 2.40. The van der Waals surface area contributed by atoms with Crippen LogP contribution in [0.4, 0.5) is 0 Å². The molecule has 0 bridgehead atoms. The summed E-state index contributed by atoms with van der Waals surface area (Å²) in [7, 11) is 3.84. The number of nitrogens with one attached hydrogen (secondary N) is 1. The molecular weight excluding hydrogens is 260 g/mol. The van der Waals surface area contributed by atoms with Gasteiger partial charge in [0.25, 0.3) is 0 Å². The summed E-state index contributed by atoms with van der Waals surface area (Å²) >= 11 is 0. The fourth-order valence-electron chi connectivity index (χ4n) is 3.75. The van der Waals surface area contributed by atoms with E-state index in [1.807, 2.05) is 0 Å². The van der Waals surface area contributed by atoms with E-state index >= 15 is 0 Å². The highest BCUT2D eigenvalue weighted by molar-refractivity contribution is 5.43. The Hall–Kier alpha value is -1.06. The Balaban J connectivity index is 1.83. The predicted octanol–water partition coefficient (Wildman–Crippen LogP) is 3.14. The van der Waals surface area contributed by atoms with Crippen LogP contribution in [-0.2, 0) is 6.42 Å². The normalized spacial score (nSPS) is 24.4. The fraction of sp³-hybridized carbons (Fsp3) is 0.667. The zero-order chi connectivity index (χ0) is 14.8. The average molecular weight is 288 g/mol. The van der Waals surface area contributed by atoms with Crippen LogP contribution in [0, 0.1) is 0 Å². The third kappa shape index (κ3) is 2.95. The van der Waals surface area contributed by atoms with Gasteiger partial charge in [-0.25, -0.2) is 0 Å². The molecule has 2 aliphatic carbocycles. The highest BCUT2D eigenvalue weighted by Gasteiger charge is 2.41. The van der Waals surface area contributed by atoms with Crippen molar-refractivity contribution in [2.24, 2.45) is 0 Å². The van der Waals surface area contributed by atoms with Gasteiger partial charge in [0.1, 0.15) is 5.75 Å². The number of fused-ring (bicyclic) bond motifs is 1. The number of nitrogens with zero attached hydrogens (tertiary/aromatic N) is 1. The number of likely N-dealkylation sites (N-methyl/N-ethyl adjacent to an activating group) is 1. The zero-order valence-electron chi connectivity index (χ0n) is 13.6. The molecule has 0 aromatic heterocycles. The molecule has 3 heteroatoms.